The van der Waals surface area contributed by atoms with Crippen molar-refractivity contribution in [1.82, 2.24) is 0 Å². The first-order valence-electron chi connectivity index (χ1n) is 9.41. The predicted molar refractivity (Wildman–Crippen MR) is 113 cm³/mol. The average molecular weight is 436 g/mol. The highest BCUT2D eigenvalue weighted by atomic mass is 32.2. The van der Waals surface area contributed by atoms with Crippen molar-refractivity contribution in [3.8, 4) is 11.5 Å². The van der Waals surface area contributed by atoms with Crippen molar-refractivity contribution in [2.24, 2.45) is 5.73 Å². The smallest absolute Gasteiger partial charge is 0.239 e. The average Bonchev–Trinajstić information content (AvgIpc) is 2.70. The summed E-state index contributed by atoms with van der Waals surface area (Å²) in [7, 11) is -3.94. The lowest BCUT2D eigenvalue weighted by Crippen LogP contribution is -2.53. The van der Waals surface area contributed by atoms with Crippen molar-refractivity contribution in [3.63, 3.8) is 0 Å². The van der Waals surface area contributed by atoms with Crippen LogP contribution in [-0.4, -0.2) is 37.5 Å². The van der Waals surface area contributed by atoms with Gasteiger partial charge in [-0.15, -0.1) is 11.8 Å². The molecule has 0 saturated carbocycles. The third kappa shape index (κ3) is 4.60. The Balaban J connectivity index is 1.78. The third-order valence-corrected chi connectivity index (χ3v) is 8.38. The zero-order valence-electron chi connectivity index (χ0n) is 16.5. The van der Waals surface area contributed by atoms with Crippen LogP contribution in [0.25, 0.3) is 0 Å². The molecule has 2 N–H and O–H groups in total. The second-order valence-electron chi connectivity index (χ2n) is 7.19. The molecular formula is C21H25NO5S2. The molecule has 0 atom stereocenters. The molecule has 0 radical (unpaired) electrons. The number of benzene rings is 2. The quantitative estimate of drug-likeness (QED) is 0.665. The number of sulfone groups is 1. The van der Waals surface area contributed by atoms with Gasteiger partial charge in [-0.05, 0) is 61.4 Å². The van der Waals surface area contributed by atoms with Crippen LogP contribution in [0.2, 0.25) is 0 Å². The van der Waals surface area contributed by atoms with Crippen molar-refractivity contribution in [2.45, 2.75) is 46.5 Å². The molecule has 1 heterocycles. The highest BCUT2D eigenvalue weighted by Crippen LogP contribution is 2.36. The summed E-state index contributed by atoms with van der Waals surface area (Å²) >= 11 is 1.76. The van der Waals surface area contributed by atoms with E-state index < -0.39 is 20.5 Å². The zero-order valence-corrected chi connectivity index (χ0v) is 18.1. The normalized spacial score (nSPS) is 16.5. The molecule has 0 bridgehead atoms. The van der Waals surface area contributed by atoms with E-state index in [2.05, 4.69) is 13.8 Å². The van der Waals surface area contributed by atoms with Gasteiger partial charge in [-0.25, -0.2) is 8.42 Å². The number of amides is 1. The molecule has 1 fully saturated rings. The Bertz CT molecular complexity index is 948. The minimum Gasteiger partial charge on any atom is -0.457 e. The molecule has 29 heavy (non-hydrogen) atoms. The minimum atomic E-state index is -3.94. The van der Waals surface area contributed by atoms with Crippen LogP contribution in [0, 0.1) is 0 Å². The third-order valence-electron chi connectivity index (χ3n) is 4.83. The van der Waals surface area contributed by atoms with Crippen LogP contribution in [0.15, 0.2) is 58.3 Å². The van der Waals surface area contributed by atoms with E-state index in [1.807, 2.05) is 24.3 Å². The van der Waals surface area contributed by atoms with E-state index in [1.165, 1.54) is 12.1 Å². The maximum Gasteiger partial charge on any atom is 0.239 e. The van der Waals surface area contributed by atoms with Crippen LogP contribution in [0.1, 0.15) is 26.7 Å². The molecule has 0 spiro atoms. The fourth-order valence-electron chi connectivity index (χ4n) is 3.26. The Morgan fingerprint density at radius 1 is 1.03 bits per heavy atom. The Labute approximate surface area is 175 Å². The maximum atomic E-state index is 13.1. The summed E-state index contributed by atoms with van der Waals surface area (Å²) in [6.07, 6.45) is 0.118. The van der Waals surface area contributed by atoms with Crippen LogP contribution in [-0.2, 0) is 19.4 Å². The monoisotopic (exact) mass is 435 g/mol. The lowest BCUT2D eigenvalue weighted by molar-refractivity contribution is -0.122. The van der Waals surface area contributed by atoms with Crippen LogP contribution in [0.4, 0.5) is 0 Å². The summed E-state index contributed by atoms with van der Waals surface area (Å²) in [5.74, 6) is 0.334. The highest BCUT2D eigenvalue weighted by Gasteiger charge is 2.51. The fraction of sp³-hybridized carbons (Fsp3) is 0.381. The van der Waals surface area contributed by atoms with Crippen molar-refractivity contribution in [1.29, 1.82) is 0 Å². The van der Waals surface area contributed by atoms with Gasteiger partial charge in [0.15, 0.2) is 14.6 Å². The zero-order chi connectivity index (χ0) is 21.1. The van der Waals surface area contributed by atoms with Gasteiger partial charge in [0.1, 0.15) is 11.5 Å². The molecule has 2 aromatic rings. The molecule has 0 aromatic heterocycles. The molecule has 3 rings (SSSR count). The summed E-state index contributed by atoms with van der Waals surface area (Å²) in [5.41, 5.74) is 5.50. The van der Waals surface area contributed by atoms with Gasteiger partial charge in [-0.3, -0.25) is 4.79 Å². The molecule has 6 nitrogen and oxygen atoms in total. The van der Waals surface area contributed by atoms with E-state index in [4.69, 9.17) is 15.2 Å². The summed E-state index contributed by atoms with van der Waals surface area (Å²) < 4.78 is 35.7. The standard InChI is InChI=1S/C21H25NO5S2/c1-15(2)28-18-7-3-16(4-8-18)27-17-5-9-19(10-6-17)29(24,25)21(20(22)23)11-13-26-14-12-21/h3-10,15H,11-14H2,1-2H3,(H2,22,23). The second-order valence-corrected chi connectivity index (χ2v) is 11.1. The Morgan fingerprint density at radius 3 is 2.03 bits per heavy atom. The van der Waals surface area contributed by atoms with Crippen molar-refractivity contribution >= 4 is 27.5 Å². The molecule has 1 aliphatic heterocycles. The molecule has 1 saturated heterocycles. The number of carbonyl (C=O) groups excluding carboxylic acids is 1. The van der Waals surface area contributed by atoms with Crippen molar-refractivity contribution < 1.29 is 22.7 Å². The predicted octanol–water partition coefficient (Wildman–Crippen LogP) is 3.79. The molecule has 1 aliphatic rings. The lowest BCUT2D eigenvalue weighted by Gasteiger charge is -2.33. The highest BCUT2D eigenvalue weighted by molar-refractivity contribution is 7.99. The van der Waals surface area contributed by atoms with E-state index in [0.29, 0.717) is 16.7 Å². The first-order valence-corrected chi connectivity index (χ1v) is 11.8. The fourth-order valence-corrected chi connectivity index (χ4v) is 6.01. The van der Waals surface area contributed by atoms with Gasteiger partial charge in [-0.2, -0.15) is 0 Å². The number of hydrogen-bond donors (Lipinski definition) is 1. The van der Waals surface area contributed by atoms with Gasteiger partial charge in [-0.1, -0.05) is 13.8 Å². The van der Waals surface area contributed by atoms with Gasteiger partial charge >= 0.3 is 0 Å². The van der Waals surface area contributed by atoms with Crippen LogP contribution in [0.5, 0.6) is 11.5 Å². The second kappa shape index (κ2) is 8.77. The first kappa shape index (κ1) is 21.7. The number of hydrogen-bond acceptors (Lipinski definition) is 6. The number of primary amides is 1. The SMILES string of the molecule is CC(C)Sc1ccc(Oc2ccc(S(=O)(=O)C3(C(N)=O)CCOCC3)cc2)cc1. The minimum absolute atomic E-state index is 0.0502. The van der Waals surface area contributed by atoms with E-state index in [9.17, 15) is 13.2 Å². The number of carbonyl (C=O) groups is 1. The van der Waals surface area contributed by atoms with Crippen molar-refractivity contribution in [2.75, 3.05) is 13.2 Å². The van der Waals surface area contributed by atoms with E-state index in [0.717, 1.165) is 4.90 Å². The van der Waals surface area contributed by atoms with Gasteiger partial charge < -0.3 is 15.2 Å². The molecular weight excluding hydrogens is 410 g/mol. The summed E-state index contributed by atoms with van der Waals surface area (Å²) in [4.78, 5) is 13.3. The summed E-state index contributed by atoms with van der Waals surface area (Å²) in [5, 5.41) is 0.496. The lowest BCUT2D eigenvalue weighted by atomic mass is 9.98. The van der Waals surface area contributed by atoms with Gasteiger partial charge in [0, 0.05) is 23.4 Å². The molecule has 8 heteroatoms. The number of nitrogens with two attached hydrogens (primary N) is 1. The number of rotatable bonds is 7. The van der Waals surface area contributed by atoms with Gasteiger partial charge in [0.2, 0.25) is 5.91 Å². The van der Waals surface area contributed by atoms with E-state index in [1.54, 1.807) is 23.9 Å². The molecule has 0 aliphatic carbocycles. The van der Waals surface area contributed by atoms with E-state index in [-0.39, 0.29) is 31.0 Å². The molecule has 156 valence electrons. The number of ether oxygens (including phenoxy) is 2. The summed E-state index contributed by atoms with van der Waals surface area (Å²) in [6.45, 7) is 4.64. The molecule has 0 unspecified atom stereocenters. The van der Waals surface area contributed by atoms with Crippen LogP contribution < -0.4 is 10.5 Å². The topological polar surface area (TPSA) is 95.7 Å². The summed E-state index contributed by atoms with van der Waals surface area (Å²) in [6, 6.07) is 13.8. The maximum absolute atomic E-state index is 13.1. The Hall–Kier alpha value is -2.03. The number of thioether (sulfide) groups is 1. The largest absolute Gasteiger partial charge is 0.457 e. The first-order chi connectivity index (χ1) is 13.7. The van der Waals surface area contributed by atoms with Crippen LogP contribution >= 0.6 is 11.8 Å². The van der Waals surface area contributed by atoms with Crippen LogP contribution in [0.3, 0.4) is 0 Å². The van der Waals surface area contributed by atoms with Crippen molar-refractivity contribution in [3.05, 3.63) is 48.5 Å². The molecule has 1 amide bonds. The van der Waals surface area contributed by atoms with Gasteiger partial charge in [0.05, 0.1) is 4.90 Å². The Morgan fingerprint density at radius 2 is 1.55 bits per heavy atom. The molecule has 2 aromatic carbocycles. The van der Waals surface area contributed by atoms with Gasteiger partial charge in [0.25, 0.3) is 0 Å². The Kier molecular flexibility index (Phi) is 6.55. The van der Waals surface area contributed by atoms with E-state index >= 15 is 0 Å².